The van der Waals surface area contributed by atoms with Crippen LogP contribution in [0.1, 0.15) is 16.8 Å². The number of Topliss-reactive ketones (excluding diaryl/α,β-unsaturated/α-hetero) is 2. The van der Waals surface area contributed by atoms with Crippen molar-refractivity contribution in [2.24, 2.45) is 0 Å². The molecule has 0 aliphatic rings. The third kappa shape index (κ3) is 3.11. The lowest BCUT2D eigenvalue weighted by atomic mass is 10.0. The number of nitrogens with zero attached hydrogens (tertiary/aromatic N) is 1. The number of oxazole rings is 1. The van der Waals surface area contributed by atoms with Crippen molar-refractivity contribution in [3.8, 4) is 11.3 Å². The first-order chi connectivity index (χ1) is 9.38. The normalized spacial score (nSPS) is 11.3. The van der Waals surface area contributed by atoms with E-state index in [1.54, 1.807) is 0 Å². The van der Waals surface area contributed by atoms with Crippen LogP contribution in [0.3, 0.4) is 0 Å². The molecule has 0 spiro atoms. The molecule has 0 amide bonds. The Bertz CT molecular complexity index is 615. The number of benzene rings is 1. The molecule has 4 nitrogen and oxygen atoms in total. The second-order valence-electron chi connectivity index (χ2n) is 3.97. The van der Waals surface area contributed by atoms with Crippen LogP contribution in [0.5, 0.6) is 0 Å². The van der Waals surface area contributed by atoms with Crippen molar-refractivity contribution in [1.29, 1.82) is 0 Å². The van der Waals surface area contributed by atoms with E-state index in [0.717, 1.165) is 0 Å². The van der Waals surface area contributed by atoms with Gasteiger partial charge in [-0.25, -0.2) is 4.98 Å². The summed E-state index contributed by atoms with van der Waals surface area (Å²) in [5, 5.41) is 0. The van der Waals surface area contributed by atoms with Crippen LogP contribution in [-0.2, 0) is 4.79 Å². The molecule has 0 bridgehead atoms. The molecule has 0 aliphatic heterocycles. The lowest BCUT2D eigenvalue weighted by Gasteiger charge is -2.05. The number of aromatic nitrogens is 1. The first-order valence-corrected chi connectivity index (χ1v) is 5.50. The second-order valence-corrected chi connectivity index (χ2v) is 3.97. The lowest BCUT2D eigenvalue weighted by molar-refractivity contribution is -0.170. The van der Waals surface area contributed by atoms with Crippen LogP contribution in [-0.4, -0.2) is 22.7 Å². The molecule has 0 N–H and O–H groups in total. The number of hydrogen-bond donors (Lipinski definition) is 0. The summed E-state index contributed by atoms with van der Waals surface area (Å²) in [5.74, 6) is -2.93. The summed E-state index contributed by atoms with van der Waals surface area (Å²) in [5.41, 5.74) is 1.22. The fourth-order valence-corrected chi connectivity index (χ4v) is 1.53. The van der Waals surface area contributed by atoms with E-state index >= 15 is 0 Å². The third-order valence-electron chi connectivity index (χ3n) is 2.57. The van der Waals surface area contributed by atoms with Gasteiger partial charge in [0.15, 0.2) is 12.2 Å². The van der Waals surface area contributed by atoms with Crippen molar-refractivity contribution < 1.29 is 27.2 Å². The molecule has 0 atom stereocenters. The van der Waals surface area contributed by atoms with Gasteiger partial charge in [0.25, 0.3) is 0 Å². The highest BCUT2D eigenvalue weighted by Gasteiger charge is 2.39. The molecular formula is C13H8F3NO3. The summed E-state index contributed by atoms with van der Waals surface area (Å²) in [6, 6.07) is 5.72. The van der Waals surface area contributed by atoms with Crippen molar-refractivity contribution in [1.82, 2.24) is 4.98 Å². The van der Waals surface area contributed by atoms with Gasteiger partial charge < -0.3 is 4.42 Å². The predicted molar refractivity (Wildman–Crippen MR) is 61.9 cm³/mol. The first kappa shape index (κ1) is 14.0. The predicted octanol–water partition coefficient (Wildman–Crippen LogP) is 3.05. The molecule has 1 aromatic carbocycles. The average molecular weight is 283 g/mol. The molecule has 1 aromatic heterocycles. The Hall–Kier alpha value is -2.44. The Morgan fingerprint density at radius 1 is 1.15 bits per heavy atom. The van der Waals surface area contributed by atoms with Crippen molar-refractivity contribution in [2.45, 2.75) is 12.6 Å². The van der Waals surface area contributed by atoms with Gasteiger partial charge in [-0.3, -0.25) is 9.59 Å². The number of hydrogen-bond acceptors (Lipinski definition) is 4. The smallest absolute Gasteiger partial charge is 0.450 e. The van der Waals surface area contributed by atoms with E-state index in [9.17, 15) is 22.8 Å². The zero-order chi connectivity index (χ0) is 14.8. The monoisotopic (exact) mass is 283 g/mol. The molecule has 0 unspecified atom stereocenters. The fourth-order valence-electron chi connectivity index (χ4n) is 1.53. The van der Waals surface area contributed by atoms with Gasteiger partial charge in [0.05, 0.1) is 6.42 Å². The molecule has 7 heteroatoms. The van der Waals surface area contributed by atoms with Gasteiger partial charge in [0, 0.05) is 11.1 Å². The largest absolute Gasteiger partial charge is 0.451 e. The van der Waals surface area contributed by atoms with Crippen molar-refractivity contribution >= 4 is 11.6 Å². The third-order valence-corrected chi connectivity index (χ3v) is 2.57. The number of carbonyl (C=O) groups excluding carboxylic acids is 2. The van der Waals surface area contributed by atoms with Crippen molar-refractivity contribution in [2.75, 3.05) is 0 Å². The Labute approximate surface area is 111 Å². The van der Waals surface area contributed by atoms with Crippen LogP contribution < -0.4 is 0 Å². The van der Waals surface area contributed by atoms with Crippen molar-refractivity contribution in [3.63, 3.8) is 0 Å². The van der Waals surface area contributed by atoms with Gasteiger partial charge in [0.1, 0.15) is 12.0 Å². The van der Waals surface area contributed by atoms with Gasteiger partial charge in [-0.15, -0.1) is 0 Å². The number of alkyl halides is 3. The maximum Gasteiger partial charge on any atom is 0.450 e. The van der Waals surface area contributed by atoms with Gasteiger partial charge >= 0.3 is 6.18 Å². The highest BCUT2D eigenvalue weighted by atomic mass is 19.4. The van der Waals surface area contributed by atoms with E-state index in [2.05, 4.69) is 4.98 Å². The molecule has 20 heavy (non-hydrogen) atoms. The number of carbonyl (C=O) groups is 2. The van der Waals surface area contributed by atoms with E-state index in [-0.39, 0.29) is 5.56 Å². The molecule has 0 saturated carbocycles. The van der Waals surface area contributed by atoms with Gasteiger partial charge in [0.2, 0.25) is 5.78 Å². The summed E-state index contributed by atoms with van der Waals surface area (Å²) >= 11 is 0. The first-order valence-electron chi connectivity index (χ1n) is 5.50. The molecule has 2 aromatic rings. The molecule has 104 valence electrons. The van der Waals surface area contributed by atoms with Crippen LogP contribution in [0.4, 0.5) is 13.2 Å². The van der Waals surface area contributed by atoms with Crippen LogP contribution in [0, 0.1) is 0 Å². The van der Waals surface area contributed by atoms with E-state index in [1.165, 1.54) is 36.9 Å². The minimum absolute atomic E-state index is 0.0369. The summed E-state index contributed by atoms with van der Waals surface area (Å²) in [6.07, 6.45) is -3.55. The SMILES string of the molecule is O=C(CC(=O)C(F)(F)F)c1ccc(-c2cocn2)cc1. The number of halogens is 3. The molecule has 0 radical (unpaired) electrons. The highest BCUT2D eigenvalue weighted by molar-refractivity contribution is 6.09. The maximum atomic E-state index is 12.1. The van der Waals surface area contributed by atoms with Crippen LogP contribution in [0.2, 0.25) is 0 Å². The van der Waals surface area contributed by atoms with Gasteiger partial charge in [-0.1, -0.05) is 24.3 Å². The molecule has 1 heterocycles. The molecular weight excluding hydrogens is 275 g/mol. The molecule has 2 rings (SSSR count). The van der Waals surface area contributed by atoms with Gasteiger partial charge in [-0.05, 0) is 0 Å². The number of rotatable bonds is 4. The minimum atomic E-state index is -4.99. The zero-order valence-electron chi connectivity index (χ0n) is 9.98. The van der Waals surface area contributed by atoms with E-state index in [4.69, 9.17) is 4.42 Å². The molecule has 0 saturated heterocycles. The van der Waals surface area contributed by atoms with Gasteiger partial charge in [-0.2, -0.15) is 13.2 Å². The standard InChI is InChI=1S/C13H8F3NO3/c14-13(15,16)12(19)5-11(18)9-3-1-8(2-4-9)10-6-20-7-17-10/h1-4,6-7H,5H2. The molecule has 0 aliphatic carbocycles. The zero-order valence-corrected chi connectivity index (χ0v) is 9.98. The summed E-state index contributed by atoms with van der Waals surface area (Å²) < 4.78 is 41.0. The Kier molecular flexibility index (Phi) is 3.69. The highest BCUT2D eigenvalue weighted by Crippen LogP contribution is 2.21. The Balaban J connectivity index is 2.10. The Morgan fingerprint density at radius 3 is 2.30 bits per heavy atom. The average Bonchev–Trinajstić information content (AvgIpc) is 2.91. The van der Waals surface area contributed by atoms with Crippen LogP contribution in [0.15, 0.2) is 41.3 Å². The summed E-state index contributed by atoms with van der Waals surface area (Å²) in [4.78, 5) is 26.2. The minimum Gasteiger partial charge on any atom is -0.451 e. The summed E-state index contributed by atoms with van der Waals surface area (Å²) in [7, 11) is 0. The fraction of sp³-hybridized carbons (Fsp3) is 0.154. The second kappa shape index (κ2) is 5.28. The van der Waals surface area contributed by atoms with Crippen molar-refractivity contribution in [3.05, 3.63) is 42.5 Å². The Morgan fingerprint density at radius 2 is 1.80 bits per heavy atom. The van der Waals surface area contributed by atoms with E-state index in [1.807, 2.05) is 0 Å². The van der Waals surface area contributed by atoms with E-state index < -0.39 is 24.2 Å². The topological polar surface area (TPSA) is 60.2 Å². The molecule has 0 fully saturated rings. The number of ketones is 2. The quantitative estimate of drug-likeness (QED) is 0.639. The van der Waals surface area contributed by atoms with Crippen LogP contribution in [0.25, 0.3) is 11.3 Å². The van der Waals surface area contributed by atoms with Crippen LogP contribution >= 0.6 is 0 Å². The summed E-state index contributed by atoms with van der Waals surface area (Å²) in [6.45, 7) is 0. The van der Waals surface area contributed by atoms with E-state index in [0.29, 0.717) is 11.3 Å². The maximum absolute atomic E-state index is 12.1. The lowest BCUT2D eigenvalue weighted by Crippen LogP contribution is -2.25.